The highest BCUT2D eigenvalue weighted by atomic mass is 32.1. The Balaban J connectivity index is 2.12. The van der Waals surface area contributed by atoms with Gasteiger partial charge in [0.15, 0.2) is 0 Å². The number of aryl methyl sites for hydroxylation is 1. The van der Waals surface area contributed by atoms with Crippen LogP contribution in [0.2, 0.25) is 0 Å². The number of benzene rings is 1. The quantitative estimate of drug-likeness (QED) is 0.305. The number of aromatic nitrogens is 1. The molecule has 0 radical (unpaired) electrons. The molecule has 5 atom stereocenters. The van der Waals surface area contributed by atoms with Gasteiger partial charge in [-0.2, -0.15) is 13.2 Å². The average Bonchev–Trinajstić information content (AvgIpc) is 3.22. The van der Waals surface area contributed by atoms with Crippen LogP contribution in [-0.4, -0.2) is 45.3 Å². The Morgan fingerprint density at radius 1 is 1.13 bits per heavy atom. The third-order valence-electron chi connectivity index (χ3n) is 8.01. The van der Waals surface area contributed by atoms with Crippen molar-refractivity contribution in [1.29, 1.82) is 0 Å². The Morgan fingerprint density at radius 3 is 2.44 bits per heavy atom. The molecule has 0 saturated carbocycles. The molecule has 2 N–H and O–H groups in total. The van der Waals surface area contributed by atoms with Gasteiger partial charge < -0.3 is 14.9 Å². The number of fused-ring (bicyclic) bond motifs is 1. The van der Waals surface area contributed by atoms with E-state index in [2.05, 4.69) is 4.98 Å². The fraction of sp³-hybridized carbons (Fsp3) is 0.621. The van der Waals surface area contributed by atoms with Gasteiger partial charge in [-0.3, -0.25) is 9.59 Å². The van der Waals surface area contributed by atoms with Crippen molar-refractivity contribution in [3.63, 3.8) is 0 Å². The number of rotatable bonds is 1. The number of Topliss-reactive ketones (excluding diaryl/α,β-unsaturated/α-hetero) is 1. The monoisotopic (exact) mass is 569 g/mol. The van der Waals surface area contributed by atoms with Crippen LogP contribution in [0.4, 0.5) is 13.2 Å². The van der Waals surface area contributed by atoms with Crippen molar-refractivity contribution in [1.82, 2.24) is 4.98 Å². The van der Waals surface area contributed by atoms with Crippen molar-refractivity contribution in [3.8, 4) is 0 Å². The number of allylic oxidation sites excluding steroid dienone is 1. The van der Waals surface area contributed by atoms with E-state index in [1.807, 2.05) is 6.92 Å². The van der Waals surface area contributed by atoms with Gasteiger partial charge in [-0.1, -0.05) is 45.4 Å². The Hall–Kier alpha value is -2.30. The minimum absolute atomic E-state index is 0.245. The first-order chi connectivity index (χ1) is 18.0. The minimum atomic E-state index is -4.99. The van der Waals surface area contributed by atoms with Gasteiger partial charge in [0.05, 0.1) is 39.3 Å². The molecule has 0 fully saturated rings. The predicted molar refractivity (Wildman–Crippen MR) is 144 cm³/mol. The zero-order valence-electron chi connectivity index (χ0n) is 23.3. The Bertz CT molecular complexity index is 1240. The summed E-state index contributed by atoms with van der Waals surface area (Å²) in [7, 11) is 0. The molecule has 0 saturated heterocycles. The van der Waals surface area contributed by atoms with Crippen LogP contribution >= 0.6 is 11.3 Å². The molecule has 1 aromatic carbocycles. The van der Waals surface area contributed by atoms with Gasteiger partial charge in [0.1, 0.15) is 5.78 Å². The van der Waals surface area contributed by atoms with Crippen molar-refractivity contribution >= 4 is 33.3 Å². The third-order valence-corrected chi connectivity index (χ3v) is 8.96. The summed E-state index contributed by atoms with van der Waals surface area (Å²) in [5.74, 6) is -2.84. The highest BCUT2D eigenvalue weighted by molar-refractivity contribution is 7.18. The van der Waals surface area contributed by atoms with E-state index in [0.717, 1.165) is 0 Å². The average molecular weight is 570 g/mol. The zero-order chi connectivity index (χ0) is 29.3. The van der Waals surface area contributed by atoms with Crippen molar-refractivity contribution in [2.75, 3.05) is 0 Å². The fourth-order valence-electron chi connectivity index (χ4n) is 5.19. The number of cyclic esters (lactones) is 1. The molecule has 2 heterocycles. The molecule has 10 heteroatoms. The molecule has 0 amide bonds. The number of hydrogen-bond donors (Lipinski definition) is 2. The number of aliphatic hydroxyl groups is 2. The first-order valence-electron chi connectivity index (χ1n) is 13.2. The van der Waals surface area contributed by atoms with E-state index in [1.165, 1.54) is 49.5 Å². The number of thiazole rings is 1. The number of hydrogen-bond acceptors (Lipinski definition) is 7. The van der Waals surface area contributed by atoms with Crippen LogP contribution in [0, 0.1) is 24.2 Å². The molecule has 1 aliphatic heterocycles. The number of halogens is 3. The summed E-state index contributed by atoms with van der Waals surface area (Å²) in [5.41, 5.74) is -3.73. The van der Waals surface area contributed by atoms with Gasteiger partial charge in [-0.15, -0.1) is 11.3 Å². The summed E-state index contributed by atoms with van der Waals surface area (Å²) in [6, 6.07) is 4.14. The smallest absolute Gasteiger partial charge is 0.433 e. The lowest BCUT2D eigenvalue weighted by molar-refractivity contribution is -0.276. The van der Waals surface area contributed by atoms with Gasteiger partial charge in [0, 0.05) is 17.9 Å². The van der Waals surface area contributed by atoms with Crippen LogP contribution in [0.25, 0.3) is 10.2 Å². The third kappa shape index (κ3) is 6.55. The molecule has 39 heavy (non-hydrogen) atoms. The lowest BCUT2D eigenvalue weighted by Gasteiger charge is -2.37. The van der Waals surface area contributed by atoms with Crippen LogP contribution in [0.1, 0.15) is 77.3 Å². The summed E-state index contributed by atoms with van der Waals surface area (Å²) in [5, 5.41) is 22.4. The van der Waals surface area contributed by atoms with Gasteiger partial charge >= 0.3 is 12.1 Å². The molecule has 3 rings (SSSR count). The van der Waals surface area contributed by atoms with Crippen LogP contribution in [-0.2, 0) is 19.9 Å². The van der Waals surface area contributed by atoms with Crippen molar-refractivity contribution in [3.05, 3.63) is 40.4 Å². The van der Waals surface area contributed by atoms with Gasteiger partial charge in [0.25, 0.3) is 0 Å². The number of ketones is 1. The summed E-state index contributed by atoms with van der Waals surface area (Å²) in [4.78, 5) is 30.7. The van der Waals surface area contributed by atoms with Gasteiger partial charge in [-0.05, 0) is 51.2 Å². The van der Waals surface area contributed by atoms with Crippen LogP contribution in [0.5, 0.6) is 0 Å². The summed E-state index contributed by atoms with van der Waals surface area (Å²) in [6.45, 7) is 9.71. The zero-order valence-corrected chi connectivity index (χ0v) is 24.1. The van der Waals surface area contributed by atoms with E-state index in [0.29, 0.717) is 40.1 Å². The number of alkyl halides is 3. The molecule has 1 aromatic heterocycles. The molecule has 0 bridgehead atoms. The molecular formula is C29H38F3NO5S. The number of ether oxygens (including phenoxy) is 1. The Labute approximate surface area is 231 Å². The second kappa shape index (κ2) is 11.7. The maximum atomic E-state index is 15.0. The molecule has 0 aliphatic carbocycles. The maximum absolute atomic E-state index is 15.0. The Kier molecular flexibility index (Phi) is 9.34. The SMILES string of the molecule is C/C1=C/CC(c2ccc3sc(C)nc3c2)(C(F)(F)F)OC(=O)CC(O)C(C)(C)C(=O)C(C)C(O)C(C)CCC1. The van der Waals surface area contributed by atoms with Crippen LogP contribution < -0.4 is 0 Å². The number of nitrogens with zero attached hydrogens (tertiary/aromatic N) is 1. The minimum Gasteiger partial charge on any atom is -0.444 e. The van der Waals surface area contributed by atoms with Crippen LogP contribution in [0.3, 0.4) is 0 Å². The highest BCUT2D eigenvalue weighted by Gasteiger charge is 2.59. The van der Waals surface area contributed by atoms with E-state index >= 15 is 0 Å². The summed E-state index contributed by atoms with van der Waals surface area (Å²) >= 11 is 1.35. The van der Waals surface area contributed by atoms with E-state index in [1.54, 1.807) is 20.8 Å². The van der Waals surface area contributed by atoms with E-state index < -0.39 is 59.9 Å². The first-order valence-corrected chi connectivity index (χ1v) is 14.0. The number of esters is 1. The molecule has 6 nitrogen and oxygen atoms in total. The van der Waals surface area contributed by atoms with Crippen molar-refractivity contribution < 1.29 is 37.7 Å². The number of carbonyl (C=O) groups is 2. The lowest BCUT2D eigenvalue weighted by Crippen LogP contribution is -2.48. The second-order valence-corrected chi connectivity index (χ2v) is 12.7. The molecular weight excluding hydrogens is 531 g/mol. The number of carbonyl (C=O) groups excluding carboxylic acids is 2. The van der Waals surface area contributed by atoms with Crippen molar-refractivity contribution in [2.45, 2.75) is 97.6 Å². The standard InChI is InChI=1S/C29H38F3NO5S/c1-16-8-7-9-17(2)25(36)18(3)26(37)27(5,6)23(34)15-24(35)38-28(13-12-16,29(30,31)32)20-10-11-22-21(14-20)33-19(4)39-22/h10-12,14,17-18,23,25,34,36H,7-9,13,15H2,1-6H3/b16-12-. The van der Waals surface area contributed by atoms with E-state index in [4.69, 9.17) is 4.74 Å². The second-order valence-electron chi connectivity index (χ2n) is 11.4. The normalized spacial score (nSPS) is 31.5. The highest BCUT2D eigenvalue weighted by Crippen LogP contribution is 2.47. The fourth-order valence-corrected chi connectivity index (χ4v) is 6.00. The Morgan fingerprint density at radius 2 is 1.79 bits per heavy atom. The molecule has 0 spiro atoms. The topological polar surface area (TPSA) is 96.7 Å². The maximum Gasteiger partial charge on any atom is 0.433 e. The molecule has 2 aromatic rings. The molecule has 1 aliphatic rings. The predicted octanol–water partition coefficient (Wildman–Crippen LogP) is 6.41. The summed E-state index contributed by atoms with van der Waals surface area (Å²) < 4.78 is 50.9. The summed E-state index contributed by atoms with van der Waals surface area (Å²) in [6.07, 6.45) is -5.98. The lowest BCUT2D eigenvalue weighted by atomic mass is 9.73. The van der Waals surface area contributed by atoms with Gasteiger partial charge in [0.2, 0.25) is 5.60 Å². The van der Waals surface area contributed by atoms with Crippen molar-refractivity contribution in [2.24, 2.45) is 17.3 Å². The van der Waals surface area contributed by atoms with E-state index in [9.17, 15) is 33.0 Å². The van der Waals surface area contributed by atoms with Crippen LogP contribution in [0.15, 0.2) is 29.8 Å². The number of aliphatic hydroxyl groups excluding tert-OH is 2. The first kappa shape index (κ1) is 31.2. The van der Waals surface area contributed by atoms with E-state index in [-0.39, 0.29) is 11.5 Å². The molecule has 216 valence electrons. The molecule has 5 unspecified atom stereocenters. The van der Waals surface area contributed by atoms with Gasteiger partial charge in [-0.25, -0.2) is 4.98 Å². The largest absolute Gasteiger partial charge is 0.444 e.